The van der Waals surface area contributed by atoms with Crippen LogP contribution in [0.25, 0.3) is 5.57 Å². The van der Waals surface area contributed by atoms with Crippen LogP contribution in [-0.4, -0.2) is 29.6 Å². The molecule has 39 heavy (non-hydrogen) atoms. The van der Waals surface area contributed by atoms with E-state index < -0.39 is 12.0 Å². The van der Waals surface area contributed by atoms with Crippen LogP contribution in [0.15, 0.2) is 82.2 Å². The molecule has 0 saturated heterocycles. The van der Waals surface area contributed by atoms with Crippen LogP contribution in [0.4, 0.5) is 5.69 Å². The van der Waals surface area contributed by atoms with E-state index >= 15 is 0 Å². The first-order chi connectivity index (χ1) is 18.6. The summed E-state index contributed by atoms with van der Waals surface area (Å²) in [6, 6.07) is 14.6. The molecule has 0 aliphatic carbocycles. The van der Waals surface area contributed by atoms with Gasteiger partial charge in [0.05, 0.1) is 35.2 Å². The van der Waals surface area contributed by atoms with Crippen LogP contribution in [0, 0.1) is 0 Å². The molecular weight excluding hydrogens is 510 g/mol. The Bertz CT molecular complexity index is 1720. The number of benzene rings is 2. The first-order valence-electron chi connectivity index (χ1n) is 12.9. The summed E-state index contributed by atoms with van der Waals surface area (Å²) in [6.07, 6.45) is 1.66. The van der Waals surface area contributed by atoms with Gasteiger partial charge in [-0.05, 0) is 36.5 Å². The number of amides is 1. The van der Waals surface area contributed by atoms with Gasteiger partial charge in [-0.2, -0.15) is 0 Å². The Morgan fingerprint density at radius 1 is 1.13 bits per heavy atom. The van der Waals surface area contributed by atoms with Crippen molar-refractivity contribution in [3.8, 4) is 0 Å². The van der Waals surface area contributed by atoms with E-state index in [-0.39, 0.29) is 23.5 Å². The smallest absolute Gasteiger partial charge is 0.338 e. The van der Waals surface area contributed by atoms with Crippen molar-refractivity contribution in [1.29, 1.82) is 0 Å². The maximum atomic E-state index is 14.2. The molecule has 2 aliphatic rings. The van der Waals surface area contributed by atoms with E-state index in [2.05, 4.69) is 32.3 Å². The van der Waals surface area contributed by atoms with E-state index in [0.717, 1.165) is 16.8 Å². The lowest BCUT2D eigenvalue weighted by atomic mass is 9.85. The zero-order valence-electron chi connectivity index (χ0n) is 22.8. The number of rotatable bonds is 5. The monoisotopic (exact) mass is 541 g/mol. The molecule has 1 atom stereocenters. The van der Waals surface area contributed by atoms with Gasteiger partial charge in [0.1, 0.15) is 4.53 Å². The van der Waals surface area contributed by atoms with Crippen LogP contribution in [0.3, 0.4) is 0 Å². The molecule has 1 amide bonds. The Balaban J connectivity index is 1.79. The molecule has 200 valence electrons. The van der Waals surface area contributed by atoms with Crippen LogP contribution in [0.5, 0.6) is 0 Å². The molecule has 0 saturated carbocycles. The van der Waals surface area contributed by atoms with Gasteiger partial charge in [0.2, 0.25) is 0 Å². The average molecular weight is 542 g/mol. The van der Waals surface area contributed by atoms with Crippen LogP contribution in [0.2, 0.25) is 0 Å². The normalized spacial score (nSPS) is 18.0. The fourth-order valence-corrected chi connectivity index (χ4v) is 6.27. The molecule has 1 aromatic heterocycles. The second-order valence-electron chi connectivity index (χ2n) is 10.6. The Hall–Kier alpha value is -4.04. The topological polar surface area (TPSA) is 81.0 Å². The van der Waals surface area contributed by atoms with E-state index in [1.54, 1.807) is 24.8 Å². The average Bonchev–Trinajstić information content (AvgIpc) is 3.36. The minimum atomic E-state index is -0.736. The number of thiazole rings is 1. The highest BCUT2D eigenvalue weighted by atomic mass is 32.1. The predicted molar refractivity (Wildman–Crippen MR) is 153 cm³/mol. The molecule has 0 N–H and O–H groups in total. The van der Waals surface area contributed by atoms with E-state index in [1.807, 2.05) is 48.5 Å². The first kappa shape index (κ1) is 26.6. The molecular formula is C31H31N3O4S. The molecule has 3 aromatic rings. The van der Waals surface area contributed by atoms with Crippen molar-refractivity contribution < 1.29 is 14.3 Å². The van der Waals surface area contributed by atoms with Gasteiger partial charge in [0.25, 0.3) is 11.5 Å². The van der Waals surface area contributed by atoms with Crippen molar-refractivity contribution in [2.45, 2.75) is 46.1 Å². The van der Waals surface area contributed by atoms with Crippen LogP contribution in [-0.2, 0) is 19.7 Å². The molecule has 0 spiro atoms. The molecule has 3 heterocycles. The van der Waals surface area contributed by atoms with Gasteiger partial charge < -0.3 is 9.64 Å². The summed E-state index contributed by atoms with van der Waals surface area (Å²) in [4.78, 5) is 47.7. The molecule has 0 bridgehead atoms. The van der Waals surface area contributed by atoms with Crippen molar-refractivity contribution >= 4 is 34.5 Å². The third-order valence-corrected chi connectivity index (χ3v) is 8.10. The summed E-state index contributed by atoms with van der Waals surface area (Å²) in [5.41, 5.74) is 4.06. The third-order valence-electron chi connectivity index (χ3n) is 7.05. The number of allylic oxidation sites excluding steroid dienone is 1. The number of ether oxygens (including phenoxy) is 1. The molecule has 0 radical (unpaired) electrons. The van der Waals surface area contributed by atoms with E-state index in [1.165, 1.54) is 15.9 Å². The summed E-state index contributed by atoms with van der Waals surface area (Å²) in [5.74, 6) is -0.769. The van der Waals surface area contributed by atoms with Crippen LogP contribution in [0.1, 0.15) is 57.4 Å². The largest absolute Gasteiger partial charge is 0.463 e. The van der Waals surface area contributed by atoms with Gasteiger partial charge in [0.15, 0.2) is 4.80 Å². The van der Waals surface area contributed by atoms with Gasteiger partial charge in [0, 0.05) is 12.1 Å². The molecule has 5 rings (SSSR count). The lowest BCUT2D eigenvalue weighted by Gasteiger charge is -2.26. The quantitative estimate of drug-likeness (QED) is 0.361. The van der Waals surface area contributed by atoms with Crippen LogP contribution < -0.4 is 19.8 Å². The maximum absolute atomic E-state index is 14.2. The minimum absolute atomic E-state index is 0.0577. The minimum Gasteiger partial charge on any atom is -0.463 e. The SMILES string of the molecule is C=CCN1C(=O)/C(=c2\sc3n(c2=O)[C@@H](c2ccc(C(C)(C)C)cc2)C(C(=O)OCC)=C(C)N=3)c2ccccc21. The predicted octanol–water partition coefficient (Wildman–Crippen LogP) is 4.00. The fourth-order valence-electron chi connectivity index (χ4n) is 5.13. The van der Waals surface area contributed by atoms with Crippen molar-refractivity contribution in [2.24, 2.45) is 4.99 Å². The standard InChI is InChI=1S/C31H31N3O4S/c1-7-17-33-22-12-10-9-11-21(22)24(27(33)35)26-28(36)34-25(19-13-15-20(16-14-19)31(4,5)6)23(29(37)38-8-2)18(3)32-30(34)39-26/h7,9-16,25H,1,8,17H2,2-6H3/b26-24-/t25-/m0/s1. The Morgan fingerprint density at radius 2 is 1.82 bits per heavy atom. The number of anilines is 1. The highest BCUT2D eigenvalue weighted by Gasteiger charge is 2.37. The van der Waals surface area contributed by atoms with Crippen molar-refractivity contribution in [3.63, 3.8) is 0 Å². The molecule has 2 aliphatic heterocycles. The number of nitrogens with zero attached hydrogens (tertiary/aromatic N) is 3. The zero-order chi connectivity index (χ0) is 28.1. The highest BCUT2D eigenvalue weighted by Crippen LogP contribution is 2.36. The number of carbonyl (C=O) groups excluding carboxylic acids is 2. The number of hydrogen-bond acceptors (Lipinski definition) is 6. The van der Waals surface area contributed by atoms with Crippen molar-refractivity contribution in [1.82, 2.24) is 4.57 Å². The van der Waals surface area contributed by atoms with E-state index in [9.17, 15) is 14.4 Å². The Kier molecular flexibility index (Phi) is 6.76. The number of para-hydroxylation sites is 1. The molecule has 8 heteroatoms. The Labute approximate surface area is 231 Å². The summed E-state index contributed by atoms with van der Waals surface area (Å²) < 4.78 is 7.23. The lowest BCUT2D eigenvalue weighted by molar-refractivity contribution is -0.139. The zero-order valence-corrected chi connectivity index (χ0v) is 23.6. The van der Waals surface area contributed by atoms with E-state index in [4.69, 9.17) is 4.74 Å². The second kappa shape index (κ2) is 9.93. The van der Waals surface area contributed by atoms with E-state index in [0.29, 0.717) is 38.3 Å². The number of fused-ring (bicyclic) bond motifs is 2. The highest BCUT2D eigenvalue weighted by molar-refractivity contribution is 7.07. The molecule has 2 aromatic carbocycles. The van der Waals surface area contributed by atoms with Crippen molar-refractivity contribution in [2.75, 3.05) is 18.1 Å². The molecule has 0 fully saturated rings. The van der Waals surface area contributed by atoms with Crippen LogP contribution >= 0.6 is 11.3 Å². The maximum Gasteiger partial charge on any atom is 0.338 e. The number of hydrogen-bond donors (Lipinski definition) is 0. The van der Waals surface area contributed by atoms with Gasteiger partial charge in [-0.1, -0.05) is 80.6 Å². The number of esters is 1. The van der Waals surface area contributed by atoms with Crippen molar-refractivity contribution in [3.05, 3.63) is 109 Å². The second-order valence-corrected chi connectivity index (χ2v) is 11.6. The lowest BCUT2D eigenvalue weighted by Crippen LogP contribution is -2.41. The van der Waals surface area contributed by atoms with Gasteiger partial charge in [-0.15, -0.1) is 6.58 Å². The Morgan fingerprint density at radius 3 is 2.46 bits per heavy atom. The molecule has 0 unspecified atom stereocenters. The van der Waals surface area contributed by atoms with Gasteiger partial charge in [-0.25, -0.2) is 9.79 Å². The summed E-state index contributed by atoms with van der Waals surface area (Å²) in [6.45, 7) is 14.2. The number of aromatic nitrogens is 1. The van der Waals surface area contributed by atoms with Gasteiger partial charge in [-0.3, -0.25) is 14.2 Å². The number of carbonyl (C=O) groups is 2. The fraction of sp³-hybridized carbons (Fsp3) is 0.290. The third kappa shape index (κ3) is 4.38. The molecule has 7 nitrogen and oxygen atoms in total. The summed E-state index contributed by atoms with van der Waals surface area (Å²) in [7, 11) is 0. The van der Waals surface area contributed by atoms with Gasteiger partial charge >= 0.3 is 5.97 Å². The summed E-state index contributed by atoms with van der Waals surface area (Å²) in [5, 5.41) is 0. The summed E-state index contributed by atoms with van der Waals surface area (Å²) >= 11 is 1.17. The first-order valence-corrected chi connectivity index (χ1v) is 13.7.